The van der Waals surface area contributed by atoms with Gasteiger partial charge in [-0.2, -0.15) is 0 Å². The Balaban J connectivity index is 1.53. The first-order valence-corrected chi connectivity index (χ1v) is 10.9. The van der Waals surface area contributed by atoms with E-state index in [4.69, 9.17) is 0 Å². The molecule has 166 valence electrons. The number of piperazine rings is 1. The Morgan fingerprint density at radius 3 is 2.50 bits per heavy atom. The van der Waals surface area contributed by atoms with Gasteiger partial charge in [0, 0.05) is 57.7 Å². The van der Waals surface area contributed by atoms with Crippen molar-refractivity contribution >= 4 is 11.8 Å². The van der Waals surface area contributed by atoms with Crippen molar-refractivity contribution in [2.45, 2.75) is 26.1 Å². The number of nitrogens with one attached hydrogen (secondary N) is 1. The fraction of sp³-hybridized carbons (Fsp3) is 0.320. The van der Waals surface area contributed by atoms with Crippen LogP contribution in [-0.4, -0.2) is 63.9 Å². The van der Waals surface area contributed by atoms with Gasteiger partial charge in [0.05, 0.1) is 0 Å². The lowest BCUT2D eigenvalue weighted by atomic mass is 10.0. The van der Waals surface area contributed by atoms with E-state index in [2.05, 4.69) is 27.3 Å². The van der Waals surface area contributed by atoms with Crippen LogP contribution in [0.4, 0.5) is 0 Å². The van der Waals surface area contributed by atoms with E-state index in [0.29, 0.717) is 38.3 Å². The number of carbonyl (C=O) groups excluding carboxylic acids is 2. The molecule has 7 nitrogen and oxygen atoms in total. The number of hydrogen-bond acceptors (Lipinski definition) is 4. The first-order chi connectivity index (χ1) is 15.6. The van der Waals surface area contributed by atoms with Crippen LogP contribution in [0.1, 0.15) is 27.3 Å². The molecule has 3 aromatic rings. The number of imidazole rings is 1. The van der Waals surface area contributed by atoms with E-state index in [0.717, 1.165) is 17.0 Å². The van der Waals surface area contributed by atoms with Crippen LogP contribution in [0.3, 0.4) is 0 Å². The molecule has 2 amide bonds. The van der Waals surface area contributed by atoms with E-state index in [1.54, 1.807) is 18.1 Å². The summed E-state index contributed by atoms with van der Waals surface area (Å²) < 4.78 is 2.03. The molecule has 0 bridgehead atoms. The first-order valence-electron chi connectivity index (χ1n) is 10.9. The first kappa shape index (κ1) is 21.8. The van der Waals surface area contributed by atoms with E-state index in [9.17, 15) is 9.59 Å². The van der Waals surface area contributed by atoms with Gasteiger partial charge in [-0.1, -0.05) is 48.5 Å². The molecule has 2 aromatic carbocycles. The van der Waals surface area contributed by atoms with Gasteiger partial charge in [-0.3, -0.25) is 14.5 Å². The fourth-order valence-electron chi connectivity index (χ4n) is 4.22. The van der Waals surface area contributed by atoms with Gasteiger partial charge in [-0.05, 0) is 24.1 Å². The van der Waals surface area contributed by atoms with Crippen LogP contribution < -0.4 is 5.32 Å². The molecule has 4 rings (SSSR count). The summed E-state index contributed by atoms with van der Waals surface area (Å²) in [6.45, 7) is 4.80. The van der Waals surface area contributed by atoms with Crippen LogP contribution in [0.2, 0.25) is 0 Å². The van der Waals surface area contributed by atoms with Crippen molar-refractivity contribution in [3.63, 3.8) is 0 Å². The van der Waals surface area contributed by atoms with Crippen molar-refractivity contribution in [1.82, 2.24) is 24.7 Å². The molecule has 1 atom stereocenters. The van der Waals surface area contributed by atoms with Crippen molar-refractivity contribution < 1.29 is 9.59 Å². The zero-order valence-electron chi connectivity index (χ0n) is 18.6. The molecule has 0 unspecified atom stereocenters. The zero-order valence-corrected chi connectivity index (χ0v) is 18.6. The number of aromatic nitrogens is 2. The number of carbonyl (C=O) groups is 2. The molecular weight excluding hydrogens is 402 g/mol. The highest BCUT2D eigenvalue weighted by atomic mass is 16.2. The lowest BCUT2D eigenvalue weighted by Gasteiger charge is -2.40. The van der Waals surface area contributed by atoms with Crippen LogP contribution in [-0.2, 0) is 17.9 Å². The maximum atomic E-state index is 13.5. The molecule has 0 saturated carbocycles. The molecule has 0 aliphatic carbocycles. The number of hydrogen-bond donors (Lipinski definition) is 1. The highest BCUT2D eigenvalue weighted by Gasteiger charge is 2.34. The highest BCUT2D eigenvalue weighted by Crippen LogP contribution is 2.19. The van der Waals surface area contributed by atoms with E-state index < -0.39 is 0 Å². The minimum atomic E-state index is -0.388. The predicted octanol–water partition coefficient (Wildman–Crippen LogP) is 2.31. The summed E-state index contributed by atoms with van der Waals surface area (Å²) in [5.41, 5.74) is 2.77. The summed E-state index contributed by atoms with van der Waals surface area (Å²) in [7, 11) is 1.65. The van der Waals surface area contributed by atoms with Crippen LogP contribution in [0.5, 0.6) is 0 Å². The Labute approximate surface area is 188 Å². The number of aryl methyl sites for hydroxylation is 1. The molecule has 1 N–H and O–H groups in total. The van der Waals surface area contributed by atoms with Gasteiger partial charge in [0.1, 0.15) is 11.9 Å². The van der Waals surface area contributed by atoms with E-state index >= 15 is 0 Å². The second-order valence-corrected chi connectivity index (χ2v) is 8.10. The molecule has 0 radical (unpaired) electrons. The molecule has 1 aliphatic rings. The normalized spacial score (nSPS) is 16.7. The minimum absolute atomic E-state index is 0.0355. The minimum Gasteiger partial charge on any atom is -0.358 e. The maximum Gasteiger partial charge on any atom is 0.254 e. The van der Waals surface area contributed by atoms with Crippen molar-refractivity contribution in [1.29, 1.82) is 0 Å². The summed E-state index contributed by atoms with van der Waals surface area (Å²) in [5, 5.41) is 2.77. The monoisotopic (exact) mass is 431 g/mol. The Hall–Kier alpha value is -3.45. The van der Waals surface area contributed by atoms with E-state index in [1.165, 1.54) is 0 Å². The molecule has 1 fully saturated rings. The van der Waals surface area contributed by atoms with Gasteiger partial charge < -0.3 is 14.8 Å². The number of rotatable bonds is 6. The second kappa shape index (κ2) is 9.78. The van der Waals surface area contributed by atoms with Crippen LogP contribution in [0.25, 0.3) is 0 Å². The largest absolute Gasteiger partial charge is 0.358 e. The van der Waals surface area contributed by atoms with Crippen LogP contribution >= 0.6 is 0 Å². The second-order valence-electron chi connectivity index (χ2n) is 8.10. The number of likely N-dealkylation sites (N-methyl/N-ethyl adjacent to an activating group) is 1. The Morgan fingerprint density at radius 1 is 1.03 bits per heavy atom. The molecule has 1 aromatic heterocycles. The lowest BCUT2D eigenvalue weighted by molar-refractivity contribution is -0.128. The summed E-state index contributed by atoms with van der Waals surface area (Å²) >= 11 is 0. The van der Waals surface area contributed by atoms with Gasteiger partial charge in [-0.25, -0.2) is 4.98 Å². The smallest absolute Gasteiger partial charge is 0.254 e. The summed E-state index contributed by atoms with van der Waals surface area (Å²) in [5.74, 6) is 0.800. The van der Waals surface area contributed by atoms with Crippen molar-refractivity contribution in [3.8, 4) is 0 Å². The SMILES string of the molecule is CNC(=O)[C@H]1CN(C(=O)c2ccccc2Cn2ccnc2C)CCN1Cc1ccccc1. The molecule has 0 spiro atoms. The Kier molecular flexibility index (Phi) is 6.66. The average Bonchev–Trinajstić information content (AvgIpc) is 3.23. The molecule has 1 aliphatic heterocycles. The van der Waals surface area contributed by atoms with Crippen LogP contribution in [0, 0.1) is 6.92 Å². The van der Waals surface area contributed by atoms with Crippen LogP contribution in [0.15, 0.2) is 67.0 Å². The van der Waals surface area contributed by atoms with Crippen molar-refractivity contribution in [2.75, 3.05) is 26.7 Å². The van der Waals surface area contributed by atoms with E-state index in [1.807, 2.05) is 60.2 Å². The summed E-state index contributed by atoms with van der Waals surface area (Å²) in [6.07, 6.45) is 3.68. The zero-order chi connectivity index (χ0) is 22.5. The third-order valence-electron chi connectivity index (χ3n) is 6.07. The quantitative estimate of drug-likeness (QED) is 0.650. The van der Waals surface area contributed by atoms with Crippen molar-refractivity contribution in [3.05, 3.63) is 89.5 Å². The molecule has 1 saturated heterocycles. The van der Waals surface area contributed by atoms with Gasteiger partial charge >= 0.3 is 0 Å². The fourth-order valence-corrected chi connectivity index (χ4v) is 4.22. The molecule has 7 heteroatoms. The van der Waals surface area contributed by atoms with Gasteiger partial charge in [0.15, 0.2) is 0 Å². The van der Waals surface area contributed by atoms with Gasteiger partial charge in [-0.15, -0.1) is 0 Å². The third-order valence-corrected chi connectivity index (χ3v) is 6.07. The predicted molar refractivity (Wildman–Crippen MR) is 123 cm³/mol. The average molecular weight is 432 g/mol. The van der Waals surface area contributed by atoms with Gasteiger partial charge in [0.2, 0.25) is 5.91 Å². The van der Waals surface area contributed by atoms with Gasteiger partial charge in [0.25, 0.3) is 5.91 Å². The number of amides is 2. The third kappa shape index (κ3) is 4.73. The van der Waals surface area contributed by atoms with E-state index in [-0.39, 0.29) is 17.9 Å². The summed E-state index contributed by atoms with van der Waals surface area (Å²) in [6, 6.07) is 17.4. The molecule has 2 heterocycles. The lowest BCUT2D eigenvalue weighted by Crippen LogP contribution is -2.59. The standard InChI is InChI=1S/C25H29N5O2/c1-19-27-12-13-28(19)17-21-10-6-7-11-22(21)25(32)30-15-14-29(23(18-30)24(31)26-2)16-20-8-4-3-5-9-20/h3-13,23H,14-18H2,1-2H3,(H,26,31)/t23-/m1/s1. The molecule has 32 heavy (non-hydrogen) atoms. The highest BCUT2D eigenvalue weighted by molar-refractivity contribution is 5.96. The Bertz CT molecular complexity index is 1080. The summed E-state index contributed by atoms with van der Waals surface area (Å²) in [4.78, 5) is 34.4. The Morgan fingerprint density at radius 2 is 1.78 bits per heavy atom. The topological polar surface area (TPSA) is 70.5 Å². The maximum absolute atomic E-state index is 13.5. The molecular formula is C25H29N5O2. The van der Waals surface area contributed by atoms with Crippen molar-refractivity contribution in [2.24, 2.45) is 0 Å². The number of nitrogens with zero attached hydrogens (tertiary/aromatic N) is 4. The number of benzene rings is 2.